The number of carbonyl (C=O) groups is 2. The Labute approximate surface area is 247 Å². The first-order valence-electron chi connectivity index (χ1n) is 12.3. The van der Waals surface area contributed by atoms with Crippen molar-refractivity contribution in [2.45, 2.75) is 65.1 Å². The average Bonchev–Trinajstić information content (AvgIpc) is 2.84. The van der Waals surface area contributed by atoms with Gasteiger partial charge in [0.05, 0.1) is 11.2 Å². The second kappa shape index (κ2) is 12.2. The Morgan fingerprint density at radius 2 is 1.26 bits per heavy atom. The highest BCUT2D eigenvalue weighted by atomic mass is 32.2. The van der Waals surface area contributed by atoms with Crippen LogP contribution in [0.1, 0.15) is 80.8 Å². The third kappa shape index (κ3) is 7.72. The summed E-state index contributed by atoms with van der Waals surface area (Å²) in [6.07, 6.45) is 3.96. The standard InChI is InChI=1S/C15H16O4S.C14H14N2O4S.CH4/c1-10-9-13(20(17,18)19-15(2,3)4)11-7-5-6-8-12(11)14(10)16;1-14(2,3)20-21(18,19)12-6-4-5-10-9(12)7-8-11(16-15)13(10)17;/h5-9H,1H2,2-4H3;4-8H,1-3H3;1H4. The van der Waals surface area contributed by atoms with Crippen molar-refractivity contribution in [3.63, 3.8) is 0 Å². The summed E-state index contributed by atoms with van der Waals surface area (Å²) < 4.78 is 59.7. The molecule has 0 N–H and O–H groups in total. The molecule has 4 rings (SSSR count). The minimum atomic E-state index is -4.01. The Bertz CT molecular complexity index is 1780. The van der Waals surface area contributed by atoms with Crippen molar-refractivity contribution < 1.29 is 39.6 Å². The van der Waals surface area contributed by atoms with Crippen molar-refractivity contribution in [2.24, 2.45) is 0 Å². The first kappa shape index (κ1) is 34.4. The van der Waals surface area contributed by atoms with Crippen LogP contribution in [0.4, 0.5) is 0 Å². The van der Waals surface area contributed by atoms with E-state index < -0.39 is 37.2 Å². The number of hydrogen-bond acceptors (Lipinski definition) is 8. The number of ketones is 2. The Hall–Kier alpha value is -3.80. The van der Waals surface area contributed by atoms with Crippen LogP contribution in [-0.4, -0.2) is 50.1 Å². The molecule has 0 heterocycles. The number of nitrogens with zero attached hydrogens (tertiary/aromatic N) is 2. The lowest BCUT2D eigenvalue weighted by Gasteiger charge is -2.23. The molecule has 2 aliphatic carbocycles. The predicted molar refractivity (Wildman–Crippen MR) is 161 cm³/mol. The summed E-state index contributed by atoms with van der Waals surface area (Å²) in [5.41, 5.74) is 8.08. The van der Waals surface area contributed by atoms with Gasteiger partial charge in [-0.05, 0) is 59.8 Å². The Morgan fingerprint density at radius 1 is 0.738 bits per heavy atom. The largest absolute Gasteiger partial charge is 0.362 e. The SMILES string of the molecule is C.C=C1C=C(S(=O)(=O)OC(C)(C)C)c2ccccc2C1=O.CC(C)(C)OS(=O)(=O)c1cccc2c1C=CC(=[N+]=[N-])C2=O. The fourth-order valence-electron chi connectivity index (χ4n) is 3.91. The van der Waals surface area contributed by atoms with Crippen LogP contribution in [0.2, 0.25) is 0 Å². The van der Waals surface area contributed by atoms with Crippen LogP contribution in [0.15, 0.2) is 71.7 Å². The molecule has 2 aromatic rings. The molecule has 2 aliphatic rings. The molecule has 0 aromatic heterocycles. The highest BCUT2D eigenvalue weighted by Crippen LogP contribution is 2.34. The third-order valence-corrected chi connectivity index (χ3v) is 8.56. The van der Waals surface area contributed by atoms with E-state index in [1.165, 1.54) is 36.4 Å². The van der Waals surface area contributed by atoms with Gasteiger partial charge in [0.25, 0.3) is 26.0 Å². The molecule has 42 heavy (non-hydrogen) atoms. The van der Waals surface area contributed by atoms with Crippen LogP contribution >= 0.6 is 0 Å². The topological polar surface area (TPSA) is 157 Å². The fourth-order valence-corrected chi connectivity index (χ4v) is 6.83. The molecule has 0 unspecified atom stereocenters. The van der Waals surface area contributed by atoms with Crippen molar-refractivity contribution in [2.75, 3.05) is 0 Å². The zero-order valence-electron chi connectivity index (χ0n) is 23.5. The van der Waals surface area contributed by atoms with Crippen LogP contribution in [0, 0.1) is 0 Å². The molecular weight excluding hydrogens is 580 g/mol. The van der Waals surface area contributed by atoms with E-state index >= 15 is 0 Å². The molecule has 0 radical (unpaired) electrons. The minimum absolute atomic E-state index is 0. The first-order chi connectivity index (χ1) is 18.8. The normalized spacial score (nSPS) is 15.0. The smallest absolute Gasteiger partial charge is 0.361 e. The summed E-state index contributed by atoms with van der Waals surface area (Å²) in [6, 6.07) is 10.8. The van der Waals surface area contributed by atoms with Gasteiger partial charge in [-0.2, -0.15) is 21.6 Å². The molecule has 10 nitrogen and oxygen atoms in total. The van der Waals surface area contributed by atoms with E-state index in [0.29, 0.717) is 11.1 Å². The van der Waals surface area contributed by atoms with Crippen molar-refractivity contribution in [1.82, 2.24) is 0 Å². The number of hydrogen-bond donors (Lipinski definition) is 0. The molecule has 0 saturated heterocycles. The van der Waals surface area contributed by atoms with Crippen LogP contribution < -0.4 is 0 Å². The number of benzene rings is 2. The fraction of sp³-hybridized carbons (Fsp3) is 0.300. The molecule has 2 aromatic carbocycles. The summed E-state index contributed by atoms with van der Waals surface area (Å²) in [4.78, 5) is 26.8. The third-order valence-electron chi connectivity index (χ3n) is 5.35. The van der Waals surface area contributed by atoms with E-state index in [4.69, 9.17) is 13.9 Å². The molecule has 0 spiro atoms. The second-order valence-electron chi connectivity index (χ2n) is 11.1. The first-order valence-corrected chi connectivity index (χ1v) is 15.1. The van der Waals surface area contributed by atoms with Crippen molar-refractivity contribution in [1.29, 1.82) is 0 Å². The molecular formula is C30H34N2O8S2. The average molecular weight is 615 g/mol. The van der Waals surface area contributed by atoms with Gasteiger partial charge in [0.2, 0.25) is 0 Å². The predicted octanol–water partition coefficient (Wildman–Crippen LogP) is 5.63. The Morgan fingerprint density at radius 3 is 1.81 bits per heavy atom. The van der Waals surface area contributed by atoms with E-state index in [9.17, 15) is 26.4 Å². The molecule has 0 bridgehead atoms. The van der Waals surface area contributed by atoms with E-state index in [2.05, 4.69) is 11.4 Å². The van der Waals surface area contributed by atoms with Gasteiger partial charge in [0.1, 0.15) is 9.80 Å². The molecule has 0 fully saturated rings. The van der Waals surface area contributed by atoms with Gasteiger partial charge in [-0.1, -0.05) is 50.4 Å². The highest BCUT2D eigenvalue weighted by Gasteiger charge is 2.34. The van der Waals surface area contributed by atoms with Gasteiger partial charge in [-0.15, -0.1) is 0 Å². The summed E-state index contributed by atoms with van der Waals surface area (Å²) in [5.74, 6) is -0.807. The van der Waals surface area contributed by atoms with Crippen molar-refractivity contribution in [3.8, 4) is 0 Å². The maximum atomic E-state index is 12.4. The number of carbonyl (C=O) groups excluding carboxylic acids is 2. The minimum Gasteiger partial charge on any atom is -0.361 e. The molecule has 224 valence electrons. The summed E-state index contributed by atoms with van der Waals surface area (Å²) in [6.45, 7) is 13.4. The van der Waals surface area contributed by atoms with E-state index in [1.807, 2.05) is 0 Å². The van der Waals surface area contributed by atoms with E-state index in [0.717, 1.165) is 0 Å². The van der Waals surface area contributed by atoms with Gasteiger partial charge in [-0.3, -0.25) is 18.0 Å². The van der Waals surface area contributed by atoms with Gasteiger partial charge in [0, 0.05) is 33.9 Å². The number of rotatable bonds is 4. The maximum Gasteiger partial charge on any atom is 0.362 e. The quantitative estimate of drug-likeness (QED) is 0.185. The van der Waals surface area contributed by atoms with E-state index in [-0.39, 0.29) is 45.4 Å². The zero-order valence-corrected chi connectivity index (χ0v) is 25.1. The number of fused-ring (bicyclic) bond motifs is 2. The lowest BCUT2D eigenvalue weighted by atomic mass is 9.93. The van der Waals surface area contributed by atoms with Crippen LogP contribution in [0.3, 0.4) is 0 Å². The van der Waals surface area contributed by atoms with Crippen LogP contribution in [0.25, 0.3) is 16.5 Å². The van der Waals surface area contributed by atoms with Crippen LogP contribution in [0.5, 0.6) is 0 Å². The van der Waals surface area contributed by atoms with Crippen LogP contribution in [-0.2, 0) is 28.6 Å². The lowest BCUT2D eigenvalue weighted by Crippen LogP contribution is -2.26. The van der Waals surface area contributed by atoms with Gasteiger partial charge >= 0.3 is 5.71 Å². The van der Waals surface area contributed by atoms with E-state index in [1.54, 1.807) is 65.8 Å². The number of Topliss-reactive ketones (excluding diaryl/α,β-unsaturated/α-hetero) is 2. The highest BCUT2D eigenvalue weighted by molar-refractivity contribution is 7.96. The van der Waals surface area contributed by atoms with Gasteiger partial charge in [0.15, 0.2) is 5.78 Å². The molecule has 0 atom stereocenters. The summed E-state index contributed by atoms with van der Waals surface area (Å²) in [5, 5.41) is 0. The summed E-state index contributed by atoms with van der Waals surface area (Å²) in [7, 11) is -7.98. The maximum absolute atomic E-state index is 12.4. The molecule has 0 aliphatic heterocycles. The second-order valence-corrected chi connectivity index (χ2v) is 14.1. The number of allylic oxidation sites excluding steroid dienone is 3. The van der Waals surface area contributed by atoms with Crippen molar-refractivity contribution >= 4 is 48.5 Å². The molecule has 0 amide bonds. The van der Waals surface area contributed by atoms with Gasteiger partial charge < -0.3 is 5.53 Å². The lowest BCUT2D eigenvalue weighted by molar-refractivity contribution is -0.00437. The Balaban J connectivity index is 0.000000287. The molecule has 12 heteroatoms. The van der Waals surface area contributed by atoms with Gasteiger partial charge in [-0.25, -0.2) is 0 Å². The monoisotopic (exact) mass is 614 g/mol. The van der Waals surface area contributed by atoms with Crippen molar-refractivity contribution in [3.05, 3.63) is 94.6 Å². The summed E-state index contributed by atoms with van der Waals surface area (Å²) >= 11 is 0. The molecule has 0 saturated carbocycles. The zero-order chi connectivity index (χ0) is 31.0. The Kier molecular flexibility index (Phi) is 10.00.